The molecule has 0 saturated carbocycles. The van der Waals surface area contributed by atoms with Crippen LogP contribution in [0.5, 0.6) is 0 Å². The normalized spacial score (nSPS) is 18.2. The highest BCUT2D eigenvalue weighted by molar-refractivity contribution is 7.14. The second-order valence-corrected chi connectivity index (χ2v) is 7.32. The fourth-order valence-corrected chi connectivity index (χ4v) is 4.04. The van der Waals surface area contributed by atoms with Gasteiger partial charge in [0.1, 0.15) is 6.04 Å². The summed E-state index contributed by atoms with van der Waals surface area (Å²) >= 11 is 2.00. The van der Waals surface area contributed by atoms with E-state index in [-0.39, 0.29) is 11.0 Å². The van der Waals surface area contributed by atoms with Crippen LogP contribution in [0.2, 0.25) is 0 Å². The number of hydrogen-bond acceptors (Lipinski definition) is 5. The predicted molar refractivity (Wildman–Crippen MR) is 88.7 cm³/mol. The Morgan fingerprint density at radius 3 is 2.72 bits per heavy atom. The van der Waals surface area contributed by atoms with Crippen LogP contribution < -0.4 is 5.32 Å². The quantitative estimate of drug-likeness (QED) is 0.867. The van der Waals surface area contributed by atoms with Crippen LogP contribution >= 0.6 is 22.7 Å². The molecule has 2 amide bonds. The number of likely N-dealkylation sites (tertiary alicyclic amines) is 1. The zero-order valence-electron chi connectivity index (χ0n) is 12.9. The van der Waals surface area contributed by atoms with Crippen molar-refractivity contribution >= 4 is 39.6 Å². The highest BCUT2D eigenvalue weighted by Crippen LogP contribution is 2.32. The minimum Gasteiger partial charge on any atom is -0.326 e. The van der Waals surface area contributed by atoms with Crippen molar-refractivity contribution in [3.05, 3.63) is 33.5 Å². The molecule has 2 aromatic rings. The Morgan fingerprint density at radius 2 is 2.08 bits per heavy atom. The number of thiophene rings is 1. The van der Waals surface area contributed by atoms with Crippen molar-refractivity contribution in [2.75, 3.05) is 11.9 Å². The minimum atomic E-state index is -4.55. The molecule has 10 heteroatoms. The standard InChI is InChI=1S/C15H14F3N3O2S2/c16-15(17,18)11-8-25-14(19-11)20-12(22)9-4-1-2-6-21(9)13(23)10-5-3-7-24-10/h3,5,7-9H,1-2,4,6H2,(H,19,20,22). The summed E-state index contributed by atoms with van der Waals surface area (Å²) in [7, 11) is 0. The Bertz CT molecular complexity index is 758. The van der Waals surface area contributed by atoms with Gasteiger partial charge in [0, 0.05) is 11.9 Å². The van der Waals surface area contributed by atoms with E-state index in [4.69, 9.17) is 0 Å². The van der Waals surface area contributed by atoms with Crippen LogP contribution in [0.15, 0.2) is 22.9 Å². The highest BCUT2D eigenvalue weighted by atomic mass is 32.1. The molecule has 1 aliphatic heterocycles. The first kappa shape index (κ1) is 17.9. The average molecular weight is 389 g/mol. The maximum atomic E-state index is 12.6. The van der Waals surface area contributed by atoms with Gasteiger partial charge in [-0.2, -0.15) is 13.2 Å². The van der Waals surface area contributed by atoms with Gasteiger partial charge in [0.15, 0.2) is 10.8 Å². The number of carbonyl (C=O) groups excluding carboxylic acids is 2. The van der Waals surface area contributed by atoms with E-state index < -0.39 is 23.8 Å². The molecular formula is C15H14F3N3O2S2. The fourth-order valence-electron chi connectivity index (χ4n) is 2.64. The molecule has 0 radical (unpaired) electrons. The van der Waals surface area contributed by atoms with Crippen LogP contribution in [0.1, 0.15) is 34.6 Å². The highest BCUT2D eigenvalue weighted by Gasteiger charge is 2.36. The number of thiazole rings is 1. The van der Waals surface area contributed by atoms with Crippen molar-refractivity contribution < 1.29 is 22.8 Å². The molecule has 0 aromatic carbocycles. The molecule has 3 rings (SSSR count). The number of hydrogen-bond donors (Lipinski definition) is 1. The summed E-state index contributed by atoms with van der Waals surface area (Å²) in [5.41, 5.74) is -1.04. The number of carbonyl (C=O) groups is 2. The van der Waals surface area contributed by atoms with Crippen molar-refractivity contribution in [3.63, 3.8) is 0 Å². The van der Waals surface area contributed by atoms with Gasteiger partial charge in [-0.25, -0.2) is 4.98 Å². The summed E-state index contributed by atoms with van der Waals surface area (Å²) < 4.78 is 37.8. The van der Waals surface area contributed by atoms with E-state index in [0.29, 0.717) is 29.2 Å². The van der Waals surface area contributed by atoms with Crippen molar-refractivity contribution in [2.45, 2.75) is 31.5 Å². The summed E-state index contributed by atoms with van der Waals surface area (Å²) in [6, 6.07) is 2.74. The summed E-state index contributed by atoms with van der Waals surface area (Å²) in [6.45, 7) is 0.445. The molecule has 0 spiro atoms. The zero-order valence-corrected chi connectivity index (χ0v) is 14.5. The summed E-state index contributed by atoms with van der Waals surface area (Å²) in [4.78, 5) is 30.5. The molecule has 2 aromatic heterocycles. The topological polar surface area (TPSA) is 62.3 Å². The monoisotopic (exact) mass is 389 g/mol. The number of aromatic nitrogens is 1. The molecule has 3 heterocycles. The smallest absolute Gasteiger partial charge is 0.326 e. The van der Waals surface area contributed by atoms with Gasteiger partial charge in [-0.1, -0.05) is 6.07 Å². The van der Waals surface area contributed by atoms with E-state index >= 15 is 0 Å². The lowest BCUT2D eigenvalue weighted by atomic mass is 10.0. The molecule has 1 saturated heterocycles. The summed E-state index contributed by atoms with van der Waals surface area (Å²) in [5.74, 6) is -0.738. The number of amides is 2. The predicted octanol–water partition coefficient (Wildman–Crippen LogP) is 3.86. The second kappa shape index (κ2) is 7.12. The number of rotatable bonds is 3. The van der Waals surface area contributed by atoms with Gasteiger partial charge < -0.3 is 10.2 Å². The number of piperidine rings is 1. The lowest BCUT2D eigenvalue weighted by Gasteiger charge is -2.34. The van der Waals surface area contributed by atoms with Crippen molar-refractivity contribution in [1.82, 2.24) is 9.88 Å². The maximum absolute atomic E-state index is 12.6. The van der Waals surface area contributed by atoms with Crippen LogP contribution in [0.25, 0.3) is 0 Å². The third kappa shape index (κ3) is 4.01. The Balaban J connectivity index is 1.73. The number of halogens is 3. The van der Waals surface area contributed by atoms with E-state index in [1.54, 1.807) is 17.5 Å². The molecule has 1 unspecified atom stereocenters. The fraction of sp³-hybridized carbons (Fsp3) is 0.400. The number of alkyl halides is 3. The van der Waals surface area contributed by atoms with Crippen molar-refractivity contribution in [1.29, 1.82) is 0 Å². The number of nitrogens with zero attached hydrogens (tertiary/aromatic N) is 2. The van der Waals surface area contributed by atoms with E-state index in [0.717, 1.165) is 18.2 Å². The van der Waals surface area contributed by atoms with Crippen molar-refractivity contribution in [3.8, 4) is 0 Å². The molecule has 0 bridgehead atoms. The third-order valence-corrected chi connectivity index (χ3v) is 5.44. The van der Waals surface area contributed by atoms with Gasteiger partial charge >= 0.3 is 6.18 Å². The van der Waals surface area contributed by atoms with Crippen molar-refractivity contribution in [2.24, 2.45) is 0 Å². The largest absolute Gasteiger partial charge is 0.434 e. The summed E-state index contributed by atoms with van der Waals surface area (Å²) in [5, 5.41) is 4.92. The Kier molecular flexibility index (Phi) is 5.09. The minimum absolute atomic E-state index is 0.119. The lowest BCUT2D eigenvalue weighted by Crippen LogP contribution is -2.49. The van der Waals surface area contributed by atoms with E-state index in [1.165, 1.54) is 16.2 Å². The molecule has 1 fully saturated rings. The van der Waals surface area contributed by atoms with E-state index in [2.05, 4.69) is 10.3 Å². The molecular weight excluding hydrogens is 375 g/mol. The second-order valence-electron chi connectivity index (χ2n) is 5.51. The number of anilines is 1. The molecule has 134 valence electrons. The molecule has 1 aliphatic rings. The van der Waals surface area contributed by atoms with Crippen LogP contribution in [0.3, 0.4) is 0 Å². The molecule has 0 aliphatic carbocycles. The molecule has 25 heavy (non-hydrogen) atoms. The van der Waals surface area contributed by atoms with Gasteiger partial charge in [-0.05, 0) is 30.7 Å². The average Bonchev–Trinajstić information content (AvgIpc) is 3.25. The third-order valence-electron chi connectivity index (χ3n) is 3.82. The number of nitrogens with one attached hydrogen (secondary N) is 1. The maximum Gasteiger partial charge on any atom is 0.434 e. The van der Waals surface area contributed by atoms with Crippen LogP contribution in [0.4, 0.5) is 18.3 Å². The zero-order chi connectivity index (χ0) is 18.0. The first-order valence-corrected chi connectivity index (χ1v) is 9.30. The molecule has 1 N–H and O–H groups in total. The van der Waals surface area contributed by atoms with Crippen LogP contribution in [-0.2, 0) is 11.0 Å². The first-order chi connectivity index (χ1) is 11.9. The summed E-state index contributed by atoms with van der Waals surface area (Å²) in [6.07, 6.45) is -2.51. The SMILES string of the molecule is O=C(Nc1nc(C(F)(F)F)cs1)C1CCCCN1C(=O)c1cccs1. The van der Waals surface area contributed by atoms with Gasteiger partial charge in [0.2, 0.25) is 5.91 Å². The van der Waals surface area contributed by atoms with E-state index in [1.807, 2.05) is 0 Å². The van der Waals surface area contributed by atoms with Gasteiger partial charge in [0.05, 0.1) is 4.88 Å². The first-order valence-electron chi connectivity index (χ1n) is 7.54. The molecule has 5 nitrogen and oxygen atoms in total. The van der Waals surface area contributed by atoms with Gasteiger partial charge in [-0.15, -0.1) is 22.7 Å². The Morgan fingerprint density at radius 1 is 1.28 bits per heavy atom. The van der Waals surface area contributed by atoms with E-state index in [9.17, 15) is 22.8 Å². The molecule has 1 atom stereocenters. The lowest BCUT2D eigenvalue weighted by molar-refractivity contribution is -0.140. The van der Waals surface area contributed by atoms with Gasteiger partial charge in [0.25, 0.3) is 5.91 Å². The van der Waals surface area contributed by atoms with Crippen LogP contribution in [0, 0.1) is 0 Å². The van der Waals surface area contributed by atoms with Gasteiger partial charge in [-0.3, -0.25) is 9.59 Å². The Hall–Kier alpha value is -1.94. The van der Waals surface area contributed by atoms with Crippen LogP contribution in [-0.4, -0.2) is 34.3 Å². The Labute approximate surface area is 149 Å².